The molecule has 1 aliphatic rings. The summed E-state index contributed by atoms with van der Waals surface area (Å²) < 4.78 is 10.5. The molecule has 1 N–H and O–H groups in total. The summed E-state index contributed by atoms with van der Waals surface area (Å²) >= 11 is 0. The molecule has 1 rings (SSSR count). The van der Waals surface area contributed by atoms with Gasteiger partial charge < -0.3 is 14.4 Å². The Morgan fingerprint density at radius 2 is 2.38 bits per heavy atom. The molecule has 1 fully saturated rings. The zero-order valence-electron chi connectivity index (χ0n) is 13.2. The molecule has 0 radical (unpaired) electrons. The maximum absolute atomic E-state index is 11.5. The van der Waals surface area contributed by atoms with E-state index in [9.17, 15) is 4.79 Å². The van der Waals surface area contributed by atoms with Crippen LogP contribution in [-0.4, -0.2) is 57.7 Å². The number of hydrogen-bond donors (Lipinski definition) is 1. The fraction of sp³-hybridized carbons (Fsp3) is 0.800. The first-order valence-electron chi connectivity index (χ1n) is 7.58. The van der Waals surface area contributed by atoms with Gasteiger partial charge in [0.1, 0.15) is 19.2 Å². The third kappa shape index (κ3) is 6.69. The van der Waals surface area contributed by atoms with Gasteiger partial charge in [0.15, 0.2) is 5.92 Å². The fourth-order valence-corrected chi connectivity index (χ4v) is 2.40. The first kappa shape index (κ1) is 17.6. The number of quaternary nitrogens is 1. The quantitative estimate of drug-likeness (QED) is 0.517. The first-order chi connectivity index (χ1) is 10.1. The number of aliphatic imine (C=N–C) groups is 1. The van der Waals surface area contributed by atoms with E-state index >= 15 is 0 Å². The summed E-state index contributed by atoms with van der Waals surface area (Å²) in [6.45, 7) is 10.7. The Morgan fingerprint density at radius 1 is 1.62 bits per heavy atom. The highest BCUT2D eigenvalue weighted by molar-refractivity contribution is 5.92. The SMILES string of the molecule is CCOC(=O)[C@@H](C#N)C=NC[C@@H]1C[NH+](CC(C)C)CCO1. The van der Waals surface area contributed by atoms with Gasteiger partial charge in [-0.1, -0.05) is 13.8 Å². The Kier molecular flexibility index (Phi) is 7.95. The minimum atomic E-state index is -0.923. The van der Waals surface area contributed by atoms with Crippen molar-refractivity contribution in [1.29, 1.82) is 5.26 Å². The molecule has 21 heavy (non-hydrogen) atoms. The maximum atomic E-state index is 11.5. The van der Waals surface area contributed by atoms with Gasteiger partial charge in [-0.05, 0) is 6.92 Å². The second-order valence-electron chi connectivity index (χ2n) is 5.67. The maximum Gasteiger partial charge on any atom is 0.328 e. The molecule has 1 saturated heterocycles. The highest BCUT2D eigenvalue weighted by Crippen LogP contribution is 1.98. The molecular formula is C15H26N3O3+. The van der Waals surface area contributed by atoms with Gasteiger partial charge in [0.25, 0.3) is 0 Å². The first-order valence-corrected chi connectivity index (χ1v) is 7.58. The van der Waals surface area contributed by atoms with E-state index in [2.05, 4.69) is 18.8 Å². The number of hydrogen-bond acceptors (Lipinski definition) is 5. The third-order valence-electron chi connectivity index (χ3n) is 3.27. The predicted molar refractivity (Wildman–Crippen MR) is 79.2 cm³/mol. The average Bonchev–Trinajstić information content (AvgIpc) is 2.43. The van der Waals surface area contributed by atoms with Crippen molar-refractivity contribution in [2.24, 2.45) is 16.8 Å². The van der Waals surface area contributed by atoms with E-state index in [1.165, 1.54) is 11.1 Å². The van der Waals surface area contributed by atoms with Crippen molar-refractivity contribution in [2.75, 3.05) is 39.4 Å². The van der Waals surface area contributed by atoms with Gasteiger partial charge in [0.2, 0.25) is 0 Å². The zero-order chi connectivity index (χ0) is 15.7. The molecule has 6 nitrogen and oxygen atoms in total. The van der Waals surface area contributed by atoms with E-state index in [0.717, 1.165) is 26.2 Å². The van der Waals surface area contributed by atoms with E-state index in [1.807, 2.05) is 6.07 Å². The number of nitrogens with zero attached hydrogens (tertiary/aromatic N) is 2. The van der Waals surface area contributed by atoms with Crippen molar-refractivity contribution in [1.82, 2.24) is 0 Å². The predicted octanol–water partition coefficient (Wildman–Crippen LogP) is -0.300. The lowest BCUT2D eigenvalue weighted by Crippen LogP contribution is -3.15. The number of ether oxygens (including phenoxy) is 2. The largest absolute Gasteiger partial charge is 0.465 e. The van der Waals surface area contributed by atoms with Crippen LogP contribution in [0.2, 0.25) is 0 Å². The van der Waals surface area contributed by atoms with Crippen molar-refractivity contribution in [3.63, 3.8) is 0 Å². The Hall–Kier alpha value is -1.45. The Balaban J connectivity index is 2.41. The summed E-state index contributed by atoms with van der Waals surface area (Å²) in [6, 6.07) is 1.89. The highest BCUT2D eigenvalue weighted by atomic mass is 16.5. The van der Waals surface area contributed by atoms with Gasteiger partial charge in [0.05, 0.1) is 32.4 Å². The van der Waals surface area contributed by atoms with Gasteiger partial charge in [-0.2, -0.15) is 5.26 Å². The smallest absolute Gasteiger partial charge is 0.328 e. The molecule has 0 saturated carbocycles. The van der Waals surface area contributed by atoms with Crippen LogP contribution in [0.15, 0.2) is 4.99 Å². The fourth-order valence-electron chi connectivity index (χ4n) is 2.40. The van der Waals surface area contributed by atoms with Crippen LogP contribution >= 0.6 is 0 Å². The molecular weight excluding hydrogens is 270 g/mol. The number of rotatable bonds is 7. The molecule has 3 atom stereocenters. The molecule has 6 heteroatoms. The van der Waals surface area contributed by atoms with E-state index < -0.39 is 11.9 Å². The summed E-state index contributed by atoms with van der Waals surface area (Å²) in [7, 11) is 0. The van der Waals surface area contributed by atoms with Crippen LogP contribution in [0, 0.1) is 23.2 Å². The van der Waals surface area contributed by atoms with Crippen molar-refractivity contribution < 1.29 is 19.2 Å². The molecule has 0 aromatic rings. The zero-order valence-corrected chi connectivity index (χ0v) is 13.2. The summed E-state index contributed by atoms with van der Waals surface area (Å²) in [5.41, 5.74) is 0. The summed E-state index contributed by atoms with van der Waals surface area (Å²) in [6.07, 6.45) is 1.43. The molecule has 0 bridgehead atoms. The monoisotopic (exact) mass is 296 g/mol. The number of nitrogens with one attached hydrogen (secondary N) is 1. The minimum Gasteiger partial charge on any atom is -0.465 e. The van der Waals surface area contributed by atoms with Crippen LogP contribution in [0.3, 0.4) is 0 Å². The van der Waals surface area contributed by atoms with Crippen LogP contribution in [0.25, 0.3) is 0 Å². The Morgan fingerprint density at radius 3 is 3.00 bits per heavy atom. The average molecular weight is 296 g/mol. The normalized spacial score (nSPS) is 24.0. The molecule has 0 spiro atoms. The molecule has 1 unspecified atom stereocenters. The third-order valence-corrected chi connectivity index (χ3v) is 3.27. The number of esters is 1. The molecule has 1 aliphatic heterocycles. The Labute approximate surface area is 126 Å². The number of carbonyl (C=O) groups excluding carboxylic acids is 1. The highest BCUT2D eigenvalue weighted by Gasteiger charge is 2.24. The lowest BCUT2D eigenvalue weighted by molar-refractivity contribution is -0.914. The summed E-state index contributed by atoms with van der Waals surface area (Å²) in [4.78, 5) is 17.2. The van der Waals surface area contributed by atoms with Crippen molar-refractivity contribution in [3.8, 4) is 6.07 Å². The summed E-state index contributed by atoms with van der Waals surface area (Å²) in [5.74, 6) is -0.804. The van der Waals surface area contributed by atoms with Crippen molar-refractivity contribution in [3.05, 3.63) is 0 Å². The molecule has 1 heterocycles. The van der Waals surface area contributed by atoms with Crippen molar-refractivity contribution >= 4 is 12.2 Å². The second kappa shape index (κ2) is 9.48. The number of carbonyl (C=O) groups is 1. The van der Waals surface area contributed by atoms with Gasteiger partial charge in [-0.25, -0.2) is 0 Å². The number of morpholine rings is 1. The lowest BCUT2D eigenvalue weighted by atomic mass is 10.1. The molecule has 118 valence electrons. The van der Waals surface area contributed by atoms with E-state index in [1.54, 1.807) is 6.92 Å². The van der Waals surface area contributed by atoms with Crippen LogP contribution in [0.4, 0.5) is 0 Å². The Bertz CT molecular complexity index is 390. The van der Waals surface area contributed by atoms with E-state index in [-0.39, 0.29) is 12.7 Å². The second-order valence-corrected chi connectivity index (χ2v) is 5.67. The van der Waals surface area contributed by atoms with Crippen molar-refractivity contribution in [2.45, 2.75) is 26.9 Å². The standard InChI is InChI=1S/C15H25N3O3/c1-4-20-15(19)13(7-16)8-17-9-14-11-18(5-6-21-14)10-12(2)3/h8,12-14H,4-6,9-11H2,1-3H3/p+1/t13-,14+/m0/s1. The van der Waals surface area contributed by atoms with Gasteiger partial charge >= 0.3 is 5.97 Å². The summed E-state index contributed by atoms with van der Waals surface area (Å²) in [5, 5.41) is 8.92. The molecule has 0 aliphatic carbocycles. The van der Waals surface area contributed by atoms with Gasteiger partial charge in [0, 0.05) is 12.1 Å². The molecule has 0 aromatic heterocycles. The van der Waals surface area contributed by atoms with Gasteiger partial charge in [-0.15, -0.1) is 0 Å². The van der Waals surface area contributed by atoms with Crippen LogP contribution in [-0.2, 0) is 14.3 Å². The van der Waals surface area contributed by atoms with E-state index in [4.69, 9.17) is 14.7 Å². The number of nitriles is 1. The van der Waals surface area contributed by atoms with Crippen LogP contribution in [0.5, 0.6) is 0 Å². The topological polar surface area (TPSA) is 76.1 Å². The lowest BCUT2D eigenvalue weighted by Gasteiger charge is -2.30. The van der Waals surface area contributed by atoms with Crippen LogP contribution < -0.4 is 4.90 Å². The minimum absolute atomic E-state index is 0.0605. The van der Waals surface area contributed by atoms with E-state index in [0.29, 0.717) is 12.5 Å². The van der Waals surface area contributed by atoms with Gasteiger partial charge in [-0.3, -0.25) is 9.79 Å². The molecule has 0 amide bonds. The molecule has 0 aromatic carbocycles. The van der Waals surface area contributed by atoms with Crippen LogP contribution in [0.1, 0.15) is 20.8 Å².